The second-order valence-electron chi connectivity index (χ2n) is 5.22. The van der Waals surface area contributed by atoms with Crippen LogP contribution >= 0.6 is 11.6 Å². The number of nitrogens with zero attached hydrogens (tertiary/aromatic N) is 1. The first-order chi connectivity index (χ1) is 11.6. The fourth-order valence-corrected chi connectivity index (χ4v) is 2.63. The number of aromatic carboxylic acids is 1. The second kappa shape index (κ2) is 7.18. The van der Waals surface area contributed by atoms with Gasteiger partial charge >= 0.3 is 12.1 Å². The van der Waals surface area contributed by atoms with Gasteiger partial charge in [-0.05, 0) is 25.1 Å². The van der Waals surface area contributed by atoms with Gasteiger partial charge in [-0.15, -0.1) is 0 Å². The summed E-state index contributed by atoms with van der Waals surface area (Å²) in [7, 11) is 0. The third-order valence-electron chi connectivity index (χ3n) is 3.57. The van der Waals surface area contributed by atoms with E-state index >= 15 is 0 Å². The van der Waals surface area contributed by atoms with Crippen molar-refractivity contribution < 1.29 is 23.1 Å². The zero-order valence-electron chi connectivity index (χ0n) is 13.1. The van der Waals surface area contributed by atoms with Gasteiger partial charge in [-0.25, -0.2) is 4.79 Å². The summed E-state index contributed by atoms with van der Waals surface area (Å²) in [5.74, 6) is -1.36. The van der Waals surface area contributed by atoms with Gasteiger partial charge in [0.15, 0.2) is 6.04 Å². The molecule has 0 radical (unpaired) electrons. The highest BCUT2D eigenvalue weighted by Crippen LogP contribution is 2.35. The molecule has 0 amide bonds. The summed E-state index contributed by atoms with van der Waals surface area (Å²) in [5.41, 5.74) is -1.23. The normalized spacial score (nSPS) is 12.7. The van der Waals surface area contributed by atoms with Gasteiger partial charge in [0.25, 0.3) is 0 Å². The van der Waals surface area contributed by atoms with Crippen LogP contribution in [0.3, 0.4) is 0 Å². The van der Waals surface area contributed by atoms with Crippen LogP contribution in [0.2, 0.25) is 5.02 Å². The molecule has 5 nitrogen and oxygen atoms in total. The topological polar surface area (TPSA) is 78.1 Å². The summed E-state index contributed by atoms with van der Waals surface area (Å²) in [5, 5.41) is 19.4. The summed E-state index contributed by atoms with van der Waals surface area (Å²) in [6.45, 7) is 1.94. The molecule has 1 aromatic heterocycles. The Hall–Kier alpha value is -2.48. The van der Waals surface area contributed by atoms with Gasteiger partial charge < -0.3 is 15.0 Å². The Balaban J connectivity index is 2.59. The van der Waals surface area contributed by atoms with Crippen molar-refractivity contribution in [2.45, 2.75) is 25.7 Å². The Morgan fingerprint density at radius 2 is 2.04 bits per heavy atom. The van der Waals surface area contributed by atoms with E-state index in [2.05, 4.69) is 5.32 Å². The van der Waals surface area contributed by atoms with Crippen molar-refractivity contribution in [2.24, 2.45) is 0 Å². The Kier molecular flexibility index (Phi) is 5.42. The Bertz CT molecular complexity index is 849. The fourth-order valence-electron chi connectivity index (χ4n) is 2.39. The van der Waals surface area contributed by atoms with Crippen LogP contribution in [-0.4, -0.2) is 21.8 Å². The zero-order valence-corrected chi connectivity index (χ0v) is 13.8. The number of alkyl halides is 3. The summed E-state index contributed by atoms with van der Waals surface area (Å²) < 4.78 is 42.2. The third kappa shape index (κ3) is 4.14. The van der Waals surface area contributed by atoms with Crippen LogP contribution in [0, 0.1) is 5.41 Å². The number of benzene rings is 1. The molecular weight excluding hydrogens is 359 g/mol. The van der Waals surface area contributed by atoms with Crippen LogP contribution in [0.1, 0.15) is 28.9 Å². The van der Waals surface area contributed by atoms with E-state index in [0.29, 0.717) is 0 Å². The monoisotopic (exact) mass is 373 g/mol. The van der Waals surface area contributed by atoms with Crippen molar-refractivity contribution in [2.75, 3.05) is 5.32 Å². The van der Waals surface area contributed by atoms with E-state index in [1.54, 1.807) is 6.92 Å². The molecule has 25 heavy (non-hydrogen) atoms. The quantitative estimate of drug-likeness (QED) is 0.739. The number of anilines is 1. The van der Waals surface area contributed by atoms with Crippen molar-refractivity contribution in [3.8, 4) is 0 Å². The SMILES string of the molecule is CCn1cc(Cl)cc(C(Nc2ccccc2C(=O)O)C(F)(F)F)c1=N. The maximum Gasteiger partial charge on any atom is 0.412 e. The van der Waals surface area contributed by atoms with Crippen LogP contribution in [-0.2, 0) is 6.54 Å². The number of rotatable bonds is 5. The number of aromatic nitrogens is 1. The van der Waals surface area contributed by atoms with Gasteiger partial charge in [-0.3, -0.25) is 5.41 Å². The van der Waals surface area contributed by atoms with Gasteiger partial charge in [-0.2, -0.15) is 13.2 Å². The van der Waals surface area contributed by atoms with Crippen LogP contribution in [0.25, 0.3) is 0 Å². The summed E-state index contributed by atoms with van der Waals surface area (Å²) in [4.78, 5) is 11.2. The number of hydrogen-bond donors (Lipinski definition) is 3. The molecule has 0 saturated carbocycles. The van der Waals surface area contributed by atoms with Crippen molar-refractivity contribution in [1.82, 2.24) is 4.57 Å². The minimum Gasteiger partial charge on any atom is -0.478 e. The molecule has 1 aromatic carbocycles. The molecule has 0 bridgehead atoms. The third-order valence-corrected chi connectivity index (χ3v) is 3.78. The van der Waals surface area contributed by atoms with Crippen LogP contribution in [0.5, 0.6) is 0 Å². The number of carbonyl (C=O) groups is 1. The standard InChI is InChI=1S/C16H15ClF3N3O2/c1-2-23-8-9(17)7-11(14(23)21)13(16(18,19)20)22-12-6-4-3-5-10(12)15(24)25/h3-8,13,21-22H,2H2,1H3,(H,24,25). The lowest BCUT2D eigenvalue weighted by molar-refractivity contribution is -0.144. The molecule has 0 fully saturated rings. The smallest absolute Gasteiger partial charge is 0.412 e. The Labute approximate surface area is 146 Å². The molecule has 3 N–H and O–H groups in total. The largest absolute Gasteiger partial charge is 0.478 e. The van der Waals surface area contributed by atoms with E-state index in [1.807, 2.05) is 0 Å². The number of hydrogen-bond acceptors (Lipinski definition) is 3. The van der Waals surface area contributed by atoms with Crippen molar-refractivity contribution >= 4 is 23.3 Å². The molecule has 0 aliphatic rings. The molecular formula is C16H15ClF3N3O2. The zero-order chi connectivity index (χ0) is 18.8. The lowest BCUT2D eigenvalue weighted by atomic mass is 10.1. The van der Waals surface area contributed by atoms with Crippen LogP contribution in [0.15, 0.2) is 36.5 Å². The van der Waals surface area contributed by atoms with Crippen molar-refractivity contribution in [3.05, 3.63) is 58.2 Å². The maximum atomic E-state index is 13.6. The number of halogens is 4. The first kappa shape index (κ1) is 18.9. The highest BCUT2D eigenvalue weighted by atomic mass is 35.5. The molecule has 1 heterocycles. The Morgan fingerprint density at radius 1 is 1.40 bits per heavy atom. The lowest BCUT2D eigenvalue weighted by Gasteiger charge is -2.25. The molecule has 134 valence electrons. The van der Waals surface area contributed by atoms with E-state index in [-0.39, 0.29) is 33.9 Å². The van der Waals surface area contributed by atoms with Gasteiger partial charge in [0.05, 0.1) is 10.6 Å². The summed E-state index contributed by atoms with van der Waals surface area (Å²) >= 11 is 5.89. The van der Waals surface area contributed by atoms with Crippen LogP contribution < -0.4 is 10.8 Å². The molecule has 2 aromatic rings. The van der Waals surface area contributed by atoms with Gasteiger partial charge in [0.2, 0.25) is 0 Å². The van der Waals surface area contributed by atoms with E-state index in [4.69, 9.17) is 22.1 Å². The van der Waals surface area contributed by atoms with E-state index in [0.717, 1.165) is 6.07 Å². The predicted octanol–water partition coefficient (Wildman–Crippen LogP) is 4.05. The minimum atomic E-state index is -4.77. The van der Waals surface area contributed by atoms with Crippen molar-refractivity contribution in [3.63, 3.8) is 0 Å². The maximum absolute atomic E-state index is 13.6. The fraction of sp³-hybridized carbons (Fsp3) is 0.250. The highest BCUT2D eigenvalue weighted by molar-refractivity contribution is 6.30. The highest BCUT2D eigenvalue weighted by Gasteiger charge is 2.42. The predicted molar refractivity (Wildman–Crippen MR) is 86.8 cm³/mol. The number of aryl methyl sites for hydroxylation is 1. The van der Waals surface area contributed by atoms with Gasteiger partial charge in [-0.1, -0.05) is 23.7 Å². The number of para-hydroxylation sites is 1. The first-order valence-electron chi connectivity index (χ1n) is 7.25. The minimum absolute atomic E-state index is 0.0513. The average Bonchev–Trinajstić information content (AvgIpc) is 2.53. The molecule has 0 aliphatic carbocycles. The van der Waals surface area contributed by atoms with E-state index in [9.17, 15) is 18.0 Å². The molecule has 0 aliphatic heterocycles. The van der Waals surface area contributed by atoms with Gasteiger partial charge in [0.1, 0.15) is 5.49 Å². The average molecular weight is 374 g/mol. The number of nitrogens with one attached hydrogen (secondary N) is 2. The first-order valence-corrected chi connectivity index (χ1v) is 7.63. The summed E-state index contributed by atoms with van der Waals surface area (Å²) in [6, 6.07) is 4.06. The Morgan fingerprint density at radius 3 is 2.60 bits per heavy atom. The van der Waals surface area contributed by atoms with Crippen LogP contribution in [0.4, 0.5) is 18.9 Å². The van der Waals surface area contributed by atoms with E-state index in [1.165, 1.54) is 35.0 Å². The lowest BCUT2D eigenvalue weighted by Crippen LogP contribution is -2.35. The molecule has 9 heteroatoms. The molecule has 1 unspecified atom stereocenters. The molecule has 0 spiro atoms. The summed E-state index contributed by atoms with van der Waals surface area (Å²) in [6.07, 6.45) is -3.40. The molecule has 1 atom stereocenters. The second-order valence-corrected chi connectivity index (χ2v) is 5.65. The van der Waals surface area contributed by atoms with Crippen molar-refractivity contribution in [1.29, 1.82) is 5.41 Å². The number of pyridine rings is 1. The van der Waals surface area contributed by atoms with E-state index < -0.39 is 18.2 Å². The molecule has 2 rings (SSSR count). The number of carboxylic acids is 1. The van der Waals surface area contributed by atoms with Gasteiger partial charge in [0, 0.05) is 24.0 Å². The molecule has 0 saturated heterocycles. The number of carboxylic acid groups (broad SMARTS) is 1.